The molecule has 15 heavy (non-hydrogen) atoms. The van der Waals surface area contributed by atoms with Gasteiger partial charge in [-0.3, -0.25) is 0 Å². The molecule has 0 amide bonds. The lowest BCUT2D eigenvalue weighted by Crippen LogP contribution is -2.34. The van der Waals surface area contributed by atoms with E-state index in [-0.39, 0.29) is 18.0 Å². The Hall–Kier alpha value is -1.10. The van der Waals surface area contributed by atoms with Crippen molar-refractivity contribution in [1.82, 2.24) is 5.32 Å². The summed E-state index contributed by atoms with van der Waals surface area (Å²) in [6.45, 7) is 7.01. The van der Waals surface area contributed by atoms with Crippen molar-refractivity contribution in [2.45, 2.75) is 32.5 Å². The number of fused-ring (bicyclic) bond motifs is 1. The van der Waals surface area contributed by atoms with Crippen LogP contribution in [0.5, 0.6) is 0 Å². The topological polar surface area (TPSA) is 59.9 Å². The predicted octanol–water partition coefficient (Wildman–Crippen LogP) is 0.302. The molecule has 2 aliphatic heterocycles. The Kier molecular flexibility index (Phi) is 2.42. The Morgan fingerprint density at radius 2 is 2.27 bits per heavy atom. The molecule has 2 aliphatic rings. The first-order chi connectivity index (χ1) is 6.97. The molecule has 0 aliphatic carbocycles. The van der Waals surface area contributed by atoms with Crippen molar-refractivity contribution in [2.24, 2.45) is 11.1 Å². The lowest BCUT2D eigenvalue weighted by molar-refractivity contribution is -0.146. The second kappa shape index (κ2) is 3.48. The number of nitrogens with zero attached hydrogens (tertiary/aromatic N) is 1. The molecular formula is C10H16N2O3. The Morgan fingerprint density at radius 1 is 1.53 bits per heavy atom. The molecule has 0 unspecified atom stereocenters. The molecule has 0 radical (unpaired) electrons. The molecule has 2 rings (SSSR count). The Balaban J connectivity index is 2.02. The maximum absolute atomic E-state index is 11.7. The first-order valence-corrected chi connectivity index (χ1v) is 5.15. The fourth-order valence-electron chi connectivity index (χ4n) is 1.75. The van der Waals surface area contributed by atoms with Gasteiger partial charge in [-0.15, -0.1) is 0 Å². The number of esters is 1. The van der Waals surface area contributed by atoms with E-state index in [4.69, 9.17) is 9.57 Å². The van der Waals surface area contributed by atoms with Gasteiger partial charge < -0.3 is 14.9 Å². The van der Waals surface area contributed by atoms with Gasteiger partial charge in [-0.25, -0.2) is 4.79 Å². The third kappa shape index (κ3) is 2.12. The van der Waals surface area contributed by atoms with Crippen LogP contribution in [0.2, 0.25) is 0 Å². The minimum Gasteiger partial charge on any atom is -0.455 e. The maximum Gasteiger partial charge on any atom is 0.357 e. The van der Waals surface area contributed by atoms with Crippen molar-refractivity contribution in [2.75, 3.05) is 13.1 Å². The molecule has 5 heteroatoms. The molecule has 0 aromatic carbocycles. The number of hydrogen-bond acceptors (Lipinski definition) is 5. The number of rotatable bonds is 1. The average Bonchev–Trinajstić information content (AvgIpc) is 2.57. The Labute approximate surface area is 88.8 Å². The van der Waals surface area contributed by atoms with Gasteiger partial charge in [0.25, 0.3) is 0 Å². The number of carbonyl (C=O) groups is 1. The van der Waals surface area contributed by atoms with Crippen molar-refractivity contribution in [3.8, 4) is 0 Å². The highest BCUT2D eigenvalue weighted by Gasteiger charge is 2.42. The summed E-state index contributed by atoms with van der Waals surface area (Å²) in [5.41, 5.74) is -0.0658. The summed E-state index contributed by atoms with van der Waals surface area (Å²) in [4.78, 5) is 16.9. The van der Waals surface area contributed by atoms with E-state index in [9.17, 15) is 4.79 Å². The zero-order valence-corrected chi connectivity index (χ0v) is 9.24. The summed E-state index contributed by atoms with van der Waals surface area (Å²) < 4.78 is 5.25. The normalized spacial score (nSPS) is 29.4. The van der Waals surface area contributed by atoms with Gasteiger partial charge in [-0.1, -0.05) is 5.16 Å². The van der Waals surface area contributed by atoms with Crippen LogP contribution in [0.3, 0.4) is 0 Å². The number of ether oxygens (including phenoxy) is 1. The fraction of sp³-hybridized carbons (Fsp3) is 0.800. The SMILES string of the molecule is CC(C)(C)OC(=O)C1=NO[C@@H]2CNC[C@H]12. The molecule has 0 spiro atoms. The summed E-state index contributed by atoms with van der Waals surface area (Å²) >= 11 is 0. The summed E-state index contributed by atoms with van der Waals surface area (Å²) in [7, 11) is 0. The molecule has 0 aromatic rings. The van der Waals surface area contributed by atoms with E-state index in [1.807, 2.05) is 20.8 Å². The van der Waals surface area contributed by atoms with Crippen LogP contribution < -0.4 is 5.32 Å². The monoisotopic (exact) mass is 212 g/mol. The van der Waals surface area contributed by atoms with Gasteiger partial charge in [0.05, 0.1) is 5.92 Å². The van der Waals surface area contributed by atoms with E-state index in [2.05, 4.69) is 10.5 Å². The minimum atomic E-state index is -0.482. The molecule has 1 N–H and O–H groups in total. The summed E-state index contributed by atoms with van der Waals surface area (Å²) in [6, 6.07) is 0. The van der Waals surface area contributed by atoms with E-state index < -0.39 is 5.60 Å². The first kappa shape index (κ1) is 10.4. The van der Waals surface area contributed by atoms with Crippen LogP contribution in [0.4, 0.5) is 0 Å². The van der Waals surface area contributed by atoms with Crippen molar-refractivity contribution < 1.29 is 14.4 Å². The summed E-state index contributed by atoms with van der Waals surface area (Å²) in [5, 5.41) is 6.96. The van der Waals surface area contributed by atoms with E-state index >= 15 is 0 Å². The highest BCUT2D eigenvalue weighted by atomic mass is 16.7. The van der Waals surface area contributed by atoms with Gasteiger partial charge in [0, 0.05) is 13.1 Å². The molecule has 84 valence electrons. The van der Waals surface area contributed by atoms with Crippen molar-refractivity contribution in [1.29, 1.82) is 0 Å². The summed E-state index contributed by atoms with van der Waals surface area (Å²) in [6.07, 6.45) is 0.00696. The number of nitrogens with one attached hydrogen (secondary N) is 1. The predicted molar refractivity (Wildman–Crippen MR) is 54.5 cm³/mol. The van der Waals surface area contributed by atoms with Crippen LogP contribution >= 0.6 is 0 Å². The first-order valence-electron chi connectivity index (χ1n) is 5.15. The third-order valence-corrected chi connectivity index (χ3v) is 2.40. The maximum atomic E-state index is 11.7. The largest absolute Gasteiger partial charge is 0.455 e. The molecule has 0 aromatic heterocycles. The smallest absolute Gasteiger partial charge is 0.357 e. The van der Waals surface area contributed by atoms with Crippen LogP contribution in [0.25, 0.3) is 0 Å². The number of oxime groups is 1. The number of carbonyl (C=O) groups excluding carboxylic acids is 1. The molecule has 5 nitrogen and oxygen atoms in total. The zero-order valence-electron chi connectivity index (χ0n) is 9.24. The van der Waals surface area contributed by atoms with Crippen LogP contribution in [-0.2, 0) is 14.4 Å². The van der Waals surface area contributed by atoms with Crippen LogP contribution in [0.15, 0.2) is 5.16 Å². The van der Waals surface area contributed by atoms with Crippen LogP contribution in [0.1, 0.15) is 20.8 Å². The summed E-state index contributed by atoms with van der Waals surface area (Å²) in [5.74, 6) is -0.307. The van der Waals surface area contributed by atoms with E-state index in [1.165, 1.54) is 0 Å². The van der Waals surface area contributed by atoms with E-state index in [0.717, 1.165) is 13.1 Å². The van der Waals surface area contributed by atoms with Crippen LogP contribution in [0, 0.1) is 5.92 Å². The fourth-order valence-corrected chi connectivity index (χ4v) is 1.75. The van der Waals surface area contributed by atoms with Gasteiger partial charge in [-0.2, -0.15) is 0 Å². The van der Waals surface area contributed by atoms with Crippen molar-refractivity contribution >= 4 is 11.7 Å². The Morgan fingerprint density at radius 3 is 2.93 bits per heavy atom. The lowest BCUT2D eigenvalue weighted by Gasteiger charge is -2.19. The van der Waals surface area contributed by atoms with E-state index in [1.54, 1.807) is 0 Å². The highest BCUT2D eigenvalue weighted by Crippen LogP contribution is 2.23. The molecule has 1 fully saturated rings. The van der Waals surface area contributed by atoms with Gasteiger partial charge >= 0.3 is 5.97 Å². The second-order valence-corrected chi connectivity index (χ2v) is 4.89. The standard InChI is InChI=1S/C10H16N2O3/c1-10(2,3)14-9(13)8-6-4-11-5-7(6)15-12-8/h6-7,11H,4-5H2,1-3H3/t6-,7+/m0/s1. The lowest BCUT2D eigenvalue weighted by atomic mass is 10.0. The van der Waals surface area contributed by atoms with Gasteiger partial charge in [0.15, 0.2) is 5.71 Å². The molecule has 0 bridgehead atoms. The molecule has 2 atom stereocenters. The average molecular weight is 212 g/mol. The van der Waals surface area contributed by atoms with Gasteiger partial charge in [-0.05, 0) is 20.8 Å². The quantitative estimate of drug-likeness (QED) is 0.635. The molecule has 2 heterocycles. The van der Waals surface area contributed by atoms with Crippen molar-refractivity contribution in [3.05, 3.63) is 0 Å². The van der Waals surface area contributed by atoms with Crippen molar-refractivity contribution in [3.63, 3.8) is 0 Å². The molecule has 1 saturated heterocycles. The number of hydrogen-bond donors (Lipinski definition) is 1. The van der Waals surface area contributed by atoms with Gasteiger partial charge in [0.2, 0.25) is 0 Å². The zero-order chi connectivity index (χ0) is 11.1. The second-order valence-electron chi connectivity index (χ2n) is 4.89. The van der Waals surface area contributed by atoms with Gasteiger partial charge in [0.1, 0.15) is 11.7 Å². The minimum absolute atomic E-state index is 0.00696. The molecule has 0 saturated carbocycles. The Bertz CT molecular complexity index is 306. The van der Waals surface area contributed by atoms with E-state index in [0.29, 0.717) is 5.71 Å². The van der Waals surface area contributed by atoms with Crippen LogP contribution in [-0.4, -0.2) is 36.5 Å². The highest BCUT2D eigenvalue weighted by molar-refractivity contribution is 6.37. The third-order valence-electron chi connectivity index (χ3n) is 2.40. The molecular weight excluding hydrogens is 196 g/mol.